The van der Waals surface area contributed by atoms with Crippen LogP contribution >= 0.6 is 0 Å². The second-order valence-corrected chi connectivity index (χ2v) is 7.23. The summed E-state index contributed by atoms with van der Waals surface area (Å²) >= 11 is 0. The lowest BCUT2D eigenvalue weighted by Crippen LogP contribution is -2.43. The van der Waals surface area contributed by atoms with Gasteiger partial charge in [-0.15, -0.1) is 0 Å². The van der Waals surface area contributed by atoms with Crippen LogP contribution in [0.15, 0.2) is 36.4 Å². The molecule has 0 radical (unpaired) electrons. The number of nitrogens with one attached hydrogen (secondary N) is 1. The Kier molecular flexibility index (Phi) is 7.81. The molecule has 0 spiro atoms. The van der Waals surface area contributed by atoms with Gasteiger partial charge in [0.1, 0.15) is 5.75 Å². The summed E-state index contributed by atoms with van der Waals surface area (Å²) in [5.74, 6) is 1.42. The van der Waals surface area contributed by atoms with Crippen molar-refractivity contribution in [1.82, 2.24) is 4.90 Å². The van der Waals surface area contributed by atoms with Crippen LogP contribution in [0.25, 0.3) is 0 Å². The van der Waals surface area contributed by atoms with Crippen LogP contribution in [0, 0.1) is 0 Å². The SMILES string of the molecule is CCOc1cc2c(cc1OCC)[C@@H](CC(=O)OC)N(C(=O)Nc1ccccc1OC)CC2. The third-order valence-corrected chi connectivity index (χ3v) is 5.36. The predicted molar refractivity (Wildman–Crippen MR) is 121 cm³/mol. The maximum Gasteiger partial charge on any atom is 0.322 e. The fourth-order valence-corrected chi connectivity index (χ4v) is 3.89. The van der Waals surface area contributed by atoms with Gasteiger partial charge in [0.15, 0.2) is 11.5 Å². The largest absolute Gasteiger partial charge is 0.495 e. The summed E-state index contributed by atoms with van der Waals surface area (Å²) in [7, 11) is 2.89. The molecule has 8 heteroatoms. The van der Waals surface area contributed by atoms with Gasteiger partial charge in [0.05, 0.1) is 45.6 Å². The molecule has 0 bridgehead atoms. The fraction of sp³-hybridized carbons (Fsp3) is 0.417. The number of ether oxygens (including phenoxy) is 4. The van der Waals surface area contributed by atoms with E-state index in [0.717, 1.165) is 11.1 Å². The van der Waals surface area contributed by atoms with Gasteiger partial charge in [-0.2, -0.15) is 0 Å². The van der Waals surface area contributed by atoms with E-state index in [2.05, 4.69) is 5.32 Å². The van der Waals surface area contributed by atoms with Gasteiger partial charge in [0.25, 0.3) is 0 Å². The molecular weight excluding hydrogens is 412 g/mol. The summed E-state index contributed by atoms with van der Waals surface area (Å²) in [4.78, 5) is 27.2. The van der Waals surface area contributed by atoms with E-state index < -0.39 is 12.0 Å². The minimum atomic E-state index is -0.504. The Morgan fingerprint density at radius 2 is 1.72 bits per heavy atom. The summed E-state index contributed by atoms with van der Waals surface area (Å²) in [5, 5.41) is 2.91. The second-order valence-electron chi connectivity index (χ2n) is 7.23. The molecule has 0 aromatic heterocycles. The van der Waals surface area contributed by atoms with Gasteiger partial charge in [-0.05, 0) is 55.7 Å². The van der Waals surface area contributed by atoms with Crippen LogP contribution in [0.2, 0.25) is 0 Å². The van der Waals surface area contributed by atoms with Crippen molar-refractivity contribution < 1.29 is 28.5 Å². The van der Waals surface area contributed by atoms with Gasteiger partial charge in [-0.1, -0.05) is 12.1 Å². The van der Waals surface area contributed by atoms with E-state index in [-0.39, 0.29) is 12.5 Å². The van der Waals surface area contributed by atoms with Crippen LogP contribution in [0.5, 0.6) is 17.2 Å². The highest BCUT2D eigenvalue weighted by molar-refractivity contribution is 5.92. The first-order valence-electron chi connectivity index (χ1n) is 10.7. The first-order chi connectivity index (χ1) is 15.5. The van der Waals surface area contributed by atoms with Crippen LogP contribution in [-0.4, -0.2) is 50.9 Å². The van der Waals surface area contributed by atoms with Crippen molar-refractivity contribution in [2.75, 3.05) is 39.3 Å². The Labute approximate surface area is 188 Å². The van der Waals surface area contributed by atoms with E-state index in [1.165, 1.54) is 7.11 Å². The van der Waals surface area contributed by atoms with Gasteiger partial charge in [-0.25, -0.2) is 4.79 Å². The molecule has 1 heterocycles. The van der Waals surface area contributed by atoms with Gasteiger partial charge in [0, 0.05) is 6.54 Å². The highest BCUT2D eigenvalue weighted by Crippen LogP contribution is 2.40. The molecule has 0 saturated carbocycles. The van der Waals surface area contributed by atoms with Crippen LogP contribution in [0.4, 0.5) is 10.5 Å². The summed E-state index contributed by atoms with van der Waals surface area (Å²) in [6.45, 7) is 5.23. The van der Waals surface area contributed by atoms with E-state index >= 15 is 0 Å². The highest BCUT2D eigenvalue weighted by atomic mass is 16.5. The van der Waals surface area contributed by atoms with Crippen molar-refractivity contribution >= 4 is 17.7 Å². The Morgan fingerprint density at radius 1 is 1.03 bits per heavy atom. The van der Waals surface area contributed by atoms with E-state index in [1.54, 1.807) is 24.1 Å². The lowest BCUT2D eigenvalue weighted by Gasteiger charge is -2.37. The number of hydrogen-bond donors (Lipinski definition) is 1. The summed E-state index contributed by atoms with van der Waals surface area (Å²) in [6, 6.07) is 10.2. The number of para-hydroxylation sites is 2. The molecule has 1 atom stereocenters. The Morgan fingerprint density at radius 3 is 2.38 bits per heavy atom. The number of benzene rings is 2. The number of carbonyl (C=O) groups excluding carboxylic acids is 2. The van der Waals surface area contributed by atoms with Crippen LogP contribution in [0.3, 0.4) is 0 Å². The van der Waals surface area contributed by atoms with E-state index in [0.29, 0.717) is 49.1 Å². The first-order valence-corrected chi connectivity index (χ1v) is 10.7. The predicted octanol–water partition coefficient (Wildman–Crippen LogP) is 4.19. The number of urea groups is 1. The molecule has 1 aliphatic rings. The highest BCUT2D eigenvalue weighted by Gasteiger charge is 2.34. The molecule has 1 N–H and O–H groups in total. The van der Waals surface area contributed by atoms with Crippen molar-refractivity contribution in [2.24, 2.45) is 0 Å². The maximum absolute atomic E-state index is 13.3. The molecule has 0 saturated heterocycles. The van der Waals surface area contributed by atoms with Crippen molar-refractivity contribution in [3.63, 3.8) is 0 Å². The zero-order valence-electron chi connectivity index (χ0n) is 19.0. The zero-order chi connectivity index (χ0) is 23.1. The van der Waals surface area contributed by atoms with E-state index in [4.69, 9.17) is 18.9 Å². The normalized spacial score (nSPS) is 14.9. The lowest BCUT2D eigenvalue weighted by atomic mass is 9.90. The van der Waals surface area contributed by atoms with E-state index in [9.17, 15) is 9.59 Å². The molecule has 2 amide bonds. The zero-order valence-corrected chi connectivity index (χ0v) is 19.0. The van der Waals surface area contributed by atoms with Gasteiger partial charge >= 0.3 is 12.0 Å². The average Bonchev–Trinajstić information content (AvgIpc) is 2.80. The smallest absolute Gasteiger partial charge is 0.322 e. The van der Waals surface area contributed by atoms with Crippen molar-refractivity contribution in [3.05, 3.63) is 47.5 Å². The number of esters is 1. The van der Waals surface area contributed by atoms with Gasteiger partial charge in [-0.3, -0.25) is 4.79 Å². The molecule has 2 aromatic rings. The number of carbonyl (C=O) groups is 2. The van der Waals surface area contributed by atoms with Crippen molar-refractivity contribution in [2.45, 2.75) is 32.7 Å². The molecule has 172 valence electrons. The van der Waals surface area contributed by atoms with Crippen molar-refractivity contribution in [1.29, 1.82) is 0 Å². The van der Waals surface area contributed by atoms with Crippen LogP contribution in [-0.2, 0) is 16.0 Å². The molecular formula is C24H30N2O6. The number of nitrogens with zero attached hydrogens (tertiary/aromatic N) is 1. The number of anilines is 1. The summed E-state index contributed by atoms with van der Waals surface area (Å²) < 4.78 is 21.8. The monoisotopic (exact) mass is 442 g/mol. The molecule has 32 heavy (non-hydrogen) atoms. The summed E-state index contributed by atoms with van der Waals surface area (Å²) in [5.41, 5.74) is 2.43. The van der Waals surface area contributed by atoms with Gasteiger partial charge < -0.3 is 29.2 Å². The van der Waals surface area contributed by atoms with Crippen LogP contribution in [0.1, 0.15) is 37.4 Å². The molecule has 3 rings (SSSR count). The molecule has 0 unspecified atom stereocenters. The molecule has 0 aliphatic carbocycles. The standard InChI is InChI=1S/C24H30N2O6/c1-5-31-21-13-16-11-12-26(24(28)25-18-9-7-8-10-20(18)29-3)19(15-23(27)30-4)17(16)14-22(21)32-6-2/h7-10,13-14,19H,5-6,11-12,15H2,1-4H3,(H,25,28)/t19-/m1/s1. The Balaban J connectivity index is 1.97. The second kappa shape index (κ2) is 10.7. The number of methoxy groups -OCH3 is 2. The minimum absolute atomic E-state index is 0.0301. The summed E-state index contributed by atoms with van der Waals surface area (Å²) in [6.07, 6.45) is 0.654. The molecule has 2 aromatic carbocycles. The maximum atomic E-state index is 13.3. The number of fused-ring (bicyclic) bond motifs is 1. The average molecular weight is 443 g/mol. The van der Waals surface area contributed by atoms with Crippen molar-refractivity contribution in [3.8, 4) is 17.2 Å². The third-order valence-electron chi connectivity index (χ3n) is 5.36. The van der Waals surface area contributed by atoms with Gasteiger partial charge in [0.2, 0.25) is 0 Å². The number of amides is 2. The fourth-order valence-electron chi connectivity index (χ4n) is 3.89. The minimum Gasteiger partial charge on any atom is -0.495 e. The molecule has 0 fully saturated rings. The first kappa shape index (κ1) is 23.2. The van der Waals surface area contributed by atoms with E-state index in [1.807, 2.05) is 38.1 Å². The topological polar surface area (TPSA) is 86.3 Å². The molecule has 1 aliphatic heterocycles. The third kappa shape index (κ3) is 5.07. The van der Waals surface area contributed by atoms with Crippen LogP contribution < -0.4 is 19.5 Å². The quantitative estimate of drug-likeness (QED) is 0.617. The Bertz CT molecular complexity index is 962. The number of rotatable bonds is 8. The number of hydrogen-bond acceptors (Lipinski definition) is 6. The lowest BCUT2D eigenvalue weighted by molar-refractivity contribution is -0.141. The Hall–Kier alpha value is -3.42. The molecule has 8 nitrogen and oxygen atoms in total.